The fourth-order valence-electron chi connectivity index (χ4n) is 3.33. The highest BCUT2D eigenvalue weighted by Gasteiger charge is 2.34. The number of ether oxygens (including phenoxy) is 1. The molecule has 5 heteroatoms. The molecule has 5 nitrogen and oxygen atoms in total. The maximum absolute atomic E-state index is 11.9. The Hall–Kier alpha value is -1.65. The predicted octanol–water partition coefficient (Wildman–Crippen LogP) is 1.81. The van der Waals surface area contributed by atoms with Gasteiger partial charge in [0.15, 0.2) is 0 Å². The summed E-state index contributed by atoms with van der Waals surface area (Å²) in [6, 6.07) is -0.180. The number of hydrogen-bond acceptors (Lipinski definition) is 5. The van der Waals surface area contributed by atoms with E-state index in [1.807, 2.05) is 6.92 Å². The second-order valence-electron chi connectivity index (χ2n) is 5.60. The van der Waals surface area contributed by atoms with Crippen molar-refractivity contribution < 1.29 is 9.53 Å². The molecule has 1 aromatic heterocycles. The van der Waals surface area contributed by atoms with Crippen molar-refractivity contribution in [1.29, 1.82) is 0 Å². The SMILES string of the molecule is COC(=O)C1CCCN1c1nc(C)nc2c1CCCC2. The van der Waals surface area contributed by atoms with Gasteiger partial charge in [0.1, 0.15) is 17.7 Å². The number of anilines is 1. The normalized spacial score (nSPS) is 21.7. The monoisotopic (exact) mass is 275 g/mol. The summed E-state index contributed by atoms with van der Waals surface area (Å²) in [6.45, 7) is 2.81. The first-order valence-electron chi connectivity index (χ1n) is 7.41. The summed E-state index contributed by atoms with van der Waals surface area (Å²) in [5.41, 5.74) is 2.42. The van der Waals surface area contributed by atoms with Crippen LogP contribution in [-0.4, -0.2) is 35.6 Å². The Morgan fingerprint density at radius 1 is 1.25 bits per heavy atom. The fraction of sp³-hybridized carbons (Fsp3) is 0.667. The molecular formula is C15H21N3O2. The summed E-state index contributed by atoms with van der Waals surface area (Å²) in [7, 11) is 1.46. The third-order valence-electron chi connectivity index (χ3n) is 4.27. The van der Waals surface area contributed by atoms with Crippen LogP contribution in [0.2, 0.25) is 0 Å². The van der Waals surface area contributed by atoms with Crippen LogP contribution in [0.15, 0.2) is 0 Å². The average Bonchev–Trinajstić information content (AvgIpc) is 2.94. The van der Waals surface area contributed by atoms with Crippen molar-refractivity contribution in [3.8, 4) is 0 Å². The number of fused-ring (bicyclic) bond motifs is 1. The van der Waals surface area contributed by atoms with Crippen LogP contribution in [0.1, 0.15) is 42.8 Å². The van der Waals surface area contributed by atoms with Crippen molar-refractivity contribution in [2.24, 2.45) is 0 Å². The number of aryl methyl sites for hydroxylation is 2. The number of rotatable bonds is 2. The van der Waals surface area contributed by atoms with E-state index in [-0.39, 0.29) is 12.0 Å². The first-order valence-corrected chi connectivity index (χ1v) is 7.41. The standard InChI is InChI=1S/C15H21N3O2/c1-10-16-12-7-4-3-6-11(12)14(17-10)18-9-5-8-13(18)15(19)20-2/h13H,3-9H2,1-2H3. The molecule has 2 aliphatic rings. The van der Waals surface area contributed by atoms with Crippen molar-refractivity contribution in [3.63, 3.8) is 0 Å². The number of carbonyl (C=O) groups is 1. The van der Waals surface area contributed by atoms with Crippen LogP contribution >= 0.6 is 0 Å². The van der Waals surface area contributed by atoms with E-state index in [0.717, 1.165) is 43.9 Å². The number of nitrogens with zero attached hydrogens (tertiary/aromatic N) is 3. The smallest absolute Gasteiger partial charge is 0.328 e. The Kier molecular flexibility index (Phi) is 3.59. The third-order valence-corrected chi connectivity index (χ3v) is 4.27. The molecule has 0 bridgehead atoms. The molecule has 1 atom stereocenters. The van der Waals surface area contributed by atoms with E-state index in [9.17, 15) is 4.79 Å². The minimum Gasteiger partial charge on any atom is -0.467 e. The fourth-order valence-corrected chi connectivity index (χ4v) is 3.33. The quantitative estimate of drug-likeness (QED) is 0.770. The summed E-state index contributed by atoms with van der Waals surface area (Å²) in [6.07, 6.45) is 6.30. The minimum absolute atomic E-state index is 0.150. The average molecular weight is 275 g/mol. The molecule has 20 heavy (non-hydrogen) atoms. The molecule has 0 aromatic carbocycles. The molecule has 0 saturated carbocycles. The van der Waals surface area contributed by atoms with E-state index in [1.165, 1.54) is 31.2 Å². The highest BCUT2D eigenvalue weighted by molar-refractivity contribution is 5.80. The lowest BCUT2D eigenvalue weighted by atomic mass is 9.96. The van der Waals surface area contributed by atoms with Gasteiger partial charge in [0, 0.05) is 17.8 Å². The van der Waals surface area contributed by atoms with Gasteiger partial charge in [-0.1, -0.05) is 0 Å². The number of aromatic nitrogens is 2. The molecule has 108 valence electrons. The summed E-state index contributed by atoms with van der Waals surface area (Å²) in [5, 5.41) is 0. The van der Waals surface area contributed by atoms with Crippen LogP contribution in [-0.2, 0) is 22.4 Å². The van der Waals surface area contributed by atoms with Crippen LogP contribution in [0, 0.1) is 6.92 Å². The van der Waals surface area contributed by atoms with Gasteiger partial charge >= 0.3 is 5.97 Å². The summed E-state index contributed by atoms with van der Waals surface area (Å²) in [5.74, 6) is 1.62. The zero-order chi connectivity index (χ0) is 14.1. The molecular weight excluding hydrogens is 254 g/mol. The van der Waals surface area contributed by atoms with Gasteiger partial charge < -0.3 is 9.64 Å². The Labute approximate surface area is 119 Å². The maximum atomic E-state index is 11.9. The first-order chi connectivity index (χ1) is 9.70. The number of esters is 1. The van der Waals surface area contributed by atoms with Crippen molar-refractivity contribution in [3.05, 3.63) is 17.1 Å². The largest absolute Gasteiger partial charge is 0.467 e. The lowest BCUT2D eigenvalue weighted by Gasteiger charge is -2.28. The van der Waals surface area contributed by atoms with Crippen LogP contribution < -0.4 is 4.90 Å². The molecule has 1 aliphatic carbocycles. The predicted molar refractivity (Wildman–Crippen MR) is 75.8 cm³/mol. The van der Waals surface area contributed by atoms with Crippen LogP contribution in [0.25, 0.3) is 0 Å². The zero-order valence-corrected chi connectivity index (χ0v) is 12.2. The number of hydrogen-bond donors (Lipinski definition) is 0. The summed E-state index contributed by atoms with van der Waals surface area (Å²) < 4.78 is 4.94. The lowest BCUT2D eigenvalue weighted by Crippen LogP contribution is -2.38. The summed E-state index contributed by atoms with van der Waals surface area (Å²) >= 11 is 0. The van der Waals surface area contributed by atoms with Gasteiger partial charge in [-0.15, -0.1) is 0 Å². The lowest BCUT2D eigenvalue weighted by molar-refractivity contribution is -0.141. The Balaban J connectivity index is 2.00. The van der Waals surface area contributed by atoms with E-state index in [4.69, 9.17) is 4.74 Å². The Bertz CT molecular complexity index is 530. The van der Waals surface area contributed by atoms with E-state index in [0.29, 0.717) is 0 Å². The molecule has 3 rings (SSSR count). The molecule has 0 spiro atoms. The molecule has 1 aliphatic heterocycles. The van der Waals surface area contributed by atoms with Gasteiger partial charge in [0.05, 0.1) is 7.11 Å². The zero-order valence-electron chi connectivity index (χ0n) is 12.2. The first kappa shape index (κ1) is 13.3. The molecule has 1 aromatic rings. The highest BCUT2D eigenvalue weighted by Crippen LogP contribution is 2.32. The van der Waals surface area contributed by atoms with E-state index < -0.39 is 0 Å². The highest BCUT2D eigenvalue weighted by atomic mass is 16.5. The maximum Gasteiger partial charge on any atom is 0.328 e. The second kappa shape index (κ2) is 5.38. The van der Waals surface area contributed by atoms with Crippen molar-refractivity contribution in [2.45, 2.75) is 51.5 Å². The van der Waals surface area contributed by atoms with E-state index in [1.54, 1.807) is 0 Å². The molecule has 1 fully saturated rings. The van der Waals surface area contributed by atoms with Crippen molar-refractivity contribution in [1.82, 2.24) is 9.97 Å². The number of carbonyl (C=O) groups excluding carboxylic acids is 1. The van der Waals surface area contributed by atoms with Crippen molar-refractivity contribution in [2.75, 3.05) is 18.6 Å². The Morgan fingerprint density at radius 3 is 2.85 bits per heavy atom. The van der Waals surface area contributed by atoms with E-state index >= 15 is 0 Å². The minimum atomic E-state index is -0.180. The summed E-state index contributed by atoms with van der Waals surface area (Å²) in [4.78, 5) is 23.3. The van der Waals surface area contributed by atoms with Crippen molar-refractivity contribution >= 4 is 11.8 Å². The van der Waals surface area contributed by atoms with Crippen LogP contribution in [0.5, 0.6) is 0 Å². The van der Waals surface area contributed by atoms with Gasteiger partial charge in [-0.25, -0.2) is 14.8 Å². The molecule has 1 saturated heterocycles. The van der Waals surface area contributed by atoms with Gasteiger partial charge in [-0.05, 0) is 45.4 Å². The molecule has 0 N–H and O–H groups in total. The van der Waals surface area contributed by atoms with E-state index in [2.05, 4.69) is 14.9 Å². The van der Waals surface area contributed by atoms with Gasteiger partial charge in [0.25, 0.3) is 0 Å². The van der Waals surface area contributed by atoms with Gasteiger partial charge in [0.2, 0.25) is 0 Å². The Morgan fingerprint density at radius 2 is 2.05 bits per heavy atom. The molecule has 2 heterocycles. The van der Waals surface area contributed by atoms with Gasteiger partial charge in [-0.2, -0.15) is 0 Å². The second-order valence-corrected chi connectivity index (χ2v) is 5.60. The topological polar surface area (TPSA) is 55.3 Å². The molecule has 0 radical (unpaired) electrons. The molecule has 1 unspecified atom stereocenters. The number of methoxy groups -OCH3 is 1. The third kappa shape index (κ3) is 2.25. The van der Waals surface area contributed by atoms with Crippen LogP contribution in [0.4, 0.5) is 5.82 Å². The van der Waals surface area contributed by atoms with Gasteiger partial charge in [-0.3, -0.25) is 0 Å². The molecule has 0 amide bonds. The van der Waals surface area contributed by atoms with Crippen LogP contribution in [0.3, 0.4) is 0 Å².